The number of hydrogen-bond donors (Lipinski definition) is 2. The molecule has 0 fully saturated rings. The topological polar surface area (TPSA) is 64.1 Å². The quantitative estimate of drug-likeness (QED) is 0.844. The molecule has 3 N–H and O–H groups in total. The molecule has 0 radical (unpaired) electrons. The van der Waals surface area contributed by atoms with Crippen molar-refractivity contribution in [2.45, 2.75) is 26.4 Å². The molecule has 1 unspecified atom stereocenters. The van der Waals surface area contributed by atoms with E-state index in [0.29, 0.717) is 12.2 Å². The summed E-state index contributed by atoms with van der Waals surface area (Å²) in [5.74, 6) is 0.631. The van der Waals surface area contributed by atoms with Crippen LogP contribution in [0.3, 0.4) is 0 Å². The van der Waals surface area contributed by atoms with Gasteiger partial charge in [-0.1, -0.05) is 18.2 Å². The molecular weight excluding hydrogens is 214 g/mol. The number of aromatic nitrogens is 2. The van der Waals surface area contributed by atoms with Crippen LogP contribution in [-0.2, 0) is 6.42 Å². The van der Waals surface area contributed by atoms with Gasteiger partial charge in [0.1, 0.15) is 5.82 Å². The van der Waals surface area contributed by atoms with Gasteiger partial charge in [0.15, 0.2) is 0 Å². The third-order valence-corrected chi connectivity index (χ3v) is 2.76. The molecule has 17 heavy (non-hydrogen) atoms. The summed E-state index contributed by atoms with van der Waals surface area (Å²) in [6.07, 6.45) is 0.114. The van der Waals surface area contributed by atoms with E-state index >= 15 is 0 Å². The van der Waals surface area contributed by atoms with E-state index in [1.165, 1.54) is 0 Å². The average molecular weight is 231 g/mol. The van der Waals surface area contributed by atoms with Gasteiger partial charge in [-0.15, -0.1) is 0 Å². The monoisotopic (exact) mass is 231 g/mol. The van der Waals surface area contributed by atoms with Crippen LogP contribution in [0.15, 0.2) is 30.3 Å². The van der Waals surface area contributed by atoms with Crippen LogP contribution in [0.5, 0.6) is 0 Å². The van der Waals surface area contributed by atoms with Gasteiger partial charge < -0.3 is 10.8 Å². The normalized spacial score (nSPS) is 12.6. The third-order valence-electron chi connectivity index (χ3n) is 2.76. The highest BCUT2D eigenvalue weighted by molar-refractivity contribution is 5.49. The van der Waals surface area contributed by atoms with E-state index in [1.54, 1.807) is 11.6 Å². The molecule has 1 aromatic carbocycles. The fourth-order valence-corrected chi connectivity index (χ4v) is 1.80. The van der Waals surface area contributed by atoms with E-state index in [2.05, 4.69) is 5.10 Å². The lowest BCUT2D eigenvalue weighted by Crippen LogP contribution is -2.06. The van der Waals surface area contributed by atoms with Crippen molar-refractivity contribution in [1.29, 1.82) is 0 Å². The van der Waals surface area contributed by atoms with E-state index in [9.17, 15) is 5.11 Å². The van der Waals surface area contributed by atoms with Crippen LogP contribution < -0.4 is 5.73 Å². The van der Waals surface area contributed by atoms with Gasteiger partial charge in [0, 0.05) is 12.0 Å². The molecule has 1 atom stereocenters. The number of hydrogen-bond acceptors (Lipinski definition) is 3. The Morgan fingerprint density at radius 1 is 1.35 bits per heavy atom. The number of nitrogens with zero attached hydrogens (tertiary/aromatic N) is 2. The van der Waals surface area contributed by atoms with Crippen molar-refractivity contribution in [3.05, 3.63) is 41.6 Å². The maximum absolute atomic E-state index is 9.41. The molecule has 1 heterocycles. The highest BCUT2D eigenvalue weighted by atomic mass is 16.3. The van der Waals surface area contributed by atoms with Crippen molar-refractivity contribution in [1.82, 2.24) is 9.78 Å². The summed E-state index contributed by atoms with van der Waals surface area (Å²) >= 11 is 0. The number of aliphatic hydroxyl groups excluding tert-OH is 1. The summed E-state index contributed by atoms with van der Waals surface area (Å²) in [5, 5.41) is 13.9. The van der Waals surface area contributed by atoms with Gasteiger partial charge in [-0.05, 0) is 26.0 Å². The molecule has 0 bridgehead atoms. The SMILES string of the molecule is Cc1c(CC(C)O)nn(-c2ccccc2)c1N. The maximum atomic E-state index is 9.41. The molecule has 2 rings (SSSR count). The number of nitrogens with two attached hydrogens (primary N) is 1. The zero-order valence-electron chi connectivity index (χ0n) is 10.1. The molecule has 0 saturated carbocycles. The molecular formula is C13H17N3O. The smallest absolute Gasteiger partial charge is 0.130 e. The van der Waals surface area contributed by atoms with Gasteiger partial charge >= 0.3 is 0 Å². The minimum absolute atomic E-state index is 0.410. The van der Waals surface area contributed by atoms with E-state index in [-0.39, 0.29) is 0 Å². The number of rotatable bonds is 3. The minimum Gasteiger partial charge on any atom is -0.393 e. The van der Waals surface area contributed by atoms with Gasteiger partial charge in [-0.2, -0.15) is 5.10 Å². The highest BCUT2D eigenvalue weighted by Gasteiger charge is 2.14. The summed E-state index contributed by atoms with van der Waals surface area (Å²) in [5.41, 5.74) is 8.75. The van der Waals surface area contributed by atoms with Crippen molar-refractivity contribution in [3.63, 3.8) is 0 Å². The van der Waals surface area contributed by atoms with Gasteiger partial charge in [0.05, 0.1) is 17.5 Å². The standard InChI is InChI=1S/C13H17N3O/c1-9(17)8-12-10(2)13(14)16(15-12)11-6-4-3-5-7-11/h3-7,9,17H,8,14H2,1-2H3. The van der Waals surface area contributed by atoms with Crippen LogP contribution in [0, 0.1) is 6.92 Å². The van der Waals surface area contributed by atoms with E-state index in [1.807, 2.05) is 37.3 Å². The predicted molar refractivity (Wildman–Crippen MR) is 68.1 cm³/mol. The molecule has 0 amide bonds. The second-order valence-electron chi connectivity index (χ2n) is 4.26. The number of nitrogen functional groups attached to an aromatic ring is 1. The Morgan fingerprint density at radius 2 is 2.00 bits per heavy atom. The Bertz CT molecular complexity index is 503. The first kappa shape index (κ1) is 11.7. The molecule has 0 aliphatic heterocycles. The zero-order chi connectivity index (χ0) is 12.4. The second-order valence-corrected chi connectivity index (χ2v) is 4.26. The van der Waals surface area contributed by atoms with Crippen LogP contribution in [0.4, 0.5) is 5.82 Å². The highest BCUT2D eigenvalue weighted by Crippen LogP contribution is 2.20. The Balaban J connectivity index is 2.43. The van der Waals surface area contributed by atoms with E-state index < -0.39 is 6.10 Å². The number of para-hydroxylation sites is 1. The molecule has 0 aliphatic carbocycles. The van der Waals surface area contributed by atoms with Crippen molar-refractivity contribution in [2.24, 2.45) is 0 Å². The lowest BCUT2D eigenvalue weighted by atomic mass is 10.1. The van der Waals surface area contributed by atoms with Crippen LogP contribution >= 0.6 is 0 Å². The van der Waals surface area contributed by atoms with Crippen molar-refractivity contribution in [2.75, 3.05) is 5.73 Å². The first-order valence-corrected chi connectivity index (χ1v) is 5.67. The van der Waals surface area contributed by atoms with Crippen molar-refractivity contribution >= 4 is 5.82 Å². The second kappa shape index (κ2) is 4.59. The number of anilines is 1. The van der Waals surface area contributed by atoms with Gasteiger partial charge in [0.25, 0.3) is 0 Å². The summed E-state index contributed by atoms with van der Waals surface area (Å²) in [4.78, 5) is 0. The van der Waals surface area contributed by atoms with E-state index in [0.717, 1.165) is 16.9 Å². The Labute approximate surface area is 101 Å². The Kier molecular flexibility index (Phi) is 3.15. The Morgan fingerprint density at radius 3 is 2.59 bits per heavy atom. The molecule has 0 spiro atoms. The lowest BCUT2D eigenvalue weighted by molar-refractivity contribution is 0.194. The first-order chi connectivity index (χ1) is 8.09. The van der Waals surface area contributed by atoms with Crippen molar-refractivity contribution in [3.8, 4) is 5.69 Å². The summed E-state index contributed by atoms with van der Waals surface area (Å²) in [6.45, 7) is 3.68. The molecule has 90 valence electrons. The van der Waals surface area contributed by atoms with Crippen LogP contribution in [0.25, 0.3) is 5.69 Å². The average Bonchev–Trinajstić information content (AvgIpc) is 2.58. The maximum Gasteiger partial charge on any atom is 0.130 e. The largest absolute Gasteiger partial charge is 0.393 e. The molecule has 4 nitrogen and oxygen atoms in total. The molecule has 2 aromatic rings. The fourth-order valence-electron chi connectivity index (χ4n) is 1.80. The summed E-state index contributed by atoms with van der Waals surface area (Å²) in [6, 6.07) is 9.75. The third kappa shape index (κ3) is 2.31. The number of aliphatic hydroxyl groups is 1. The fraction of sp³-hybridized carbons (Fsp3) is 0.308. The van der Waals surface area contributed by atoms with Crippen LogP contribution in [0.1, 0.15) is 18.2 Å². The molecule has 0 aliphatic rings. The Hall–Kier alpha value is -1.81. The lowest BCUT2D eigenvalue weighted by Gasteiger charge is -2.03. The predicted octanol–water partition coefficient (Wildman–Crippen LogP) is 1.69. The molecule has 1 aromatic heterocycles. The summed E-state index contributed by atoms with van der Waals surface area (Å²) in [7, 11) is 0. The number of benzene rings is 1. The van der Waals surface area contributed by atoms with Gasteiger partial charge in [-0.25, -0.2) is 4.68 Å². The zero-order valence-corrected chi connectivity index (χ0v) is 10.1. The van der Waals surface area contributed by atoms with Crippen LogP contribution in [-0.4, -0.2) is 21.0 Å². The van der Waals surface area contributed by atoms with Crippen molar-refractivity contribution < 1.29 is 5.11 Å². The van der Waals surface area contributed by atoms with Gasteiger partial charge in [-0.3, -0.25) is 0 Å². The first-order valence-electron chi connectivity index (χ1n) is 5.67. The van der Waals surface area contributed by atoms with E-state index in [4.69, 9.17) is 5.73 Å². The minimum atomic E-state index is -0.410. The summed E-state index contributed by atoms with van der Waals surface area (Å²) < 4.78 is 1.72. The van der Waals surface area contributed by atoms with Gasteiger partial charge in [0.2, 0.25) is 0 Å². The van der Waals surface area contributed by atoms with Crippen LogP contribution in [0.2, 0.25) is 0 Å². The molecule has 0 saturated heterocycles. The molecule has 4 heteroatoms.